The maximum Gasteiger partial charge on any atom is 0.335 e. The second kappa shape index (κ2) is 9.82. The van der Waals surface area contributed by atoms with Crippen LogP contribution in [0, 0.1) is 13.8 Å². The number of aromatic carboxylic acids is 1. The third-order valence-electron chi connectivity index (χ3n) is 2.89. The van der Waals surface area contributed by atoms with Crippen LogP contribution in [0.25, 0.3) is 0 Å². The summed E-state index contributed by atoms with van der Waals surface area (Å²) in [5, 5.41) is 17.4. The van der Waals surface area contributed by atoms with Crippen molar-refractivity contribution in [2.75, 3.05) is 0 Å². The fourth-order valence-electron chi connectivity index (χ4n) is 1.70. The predicted molar refractivity (Wildman–Crippen MR) is 96.4 cm³/mol. The molecule has 22 heavy (non-hydrogen) atoms. The minimum atomic E-state index is -0.880. The maximum atomic E-state index is 10.5. The molecule has 0 saturated heterocycles. The second-order valence-electron chi connectivity index (χ2n) is 4.49. The van der Waals surface area contributed by atoms with E-state index in [0.717, 1.165) is 25.6 Å². The molecule has 0 spiro atoms. The molecule has 0 amide bonds. The summed E-state index contributed by atoms with van der Waals surface area (Å²) in [5.41, 5.74) is 3.24. The molecule has 0 aliphatic carbocycles. The lowest BCUT2D eigenvalue weighted by atomic mass is 10.1. The molecule has 2 N–H and O–H groups in total. The lowest BCUT2D eigenvalue weighted by Crippen LogP contribution is -1.98. The van der Waals surface area contributed by atoms with E-state index in [1.165, 1.54) is 0 Å². The van der Waals surface area contributed by atoms with Gasteiger partial charge in [-0.3, -0.25) is 0 Å². The summed E-state index contributed by atoms with van der Waals surface area (Å²) in [4.78, 5) is 10.5. The molecule has 0 saturated carbocycles. The minimum absolute atomic E-state index is 0. The van der Waals surface area contributed by atoms with Gasteiger partial charge in [0.2, 0.25) is 0 Å². The Morgan fingerprint density at radius 3 is 1.91 bits per heavy atom. The quantitative estimate of drug-likeness (QED) is 0.703. The van der Waals surface area contributed by atoms with Crippen LogP contribution in [0.3, 0.4) is 0 Å². The third kappa shape index (κ3) is 6.34. The van der Waals surface area contributed by atoms with Crippen molar-refractivity contribution >= 4 is 46.2 Å². The Morgan fingerprint density at radius 1 is 1.00 bits per heavy atom. The van der Waals surface area contributed by atoms with Crippen LogP contribution in [-0.2, 0) is 6.61 Å². The summed E-state index contributed by atoms with van der Waals surface area (Å²) in [6.07, 6.45) is 0. The predicted octanol–water partition coefficient (Wildman–Crippen LogP) is 4.32. The molecule has 2 aromatic rings. The van der Waals surface area contributed by atoms with E-state index in [2.05, 4.69) is 31.9 Å². The summed E-state index contributed by atoms with van der Waals surface area (Å²) in [5.74, 6) is -0.880. The largest absolute Gasteiger partial charge is 0.478 e. The SMILES string of the molecule is Cc1cc(Br)ccc1C(=O)O.Cc1cc(Br)ccc1CO.[B]. The number of hydrogen-bond acceptors (Lipinski definition) is 2. The van der Waals surface area contributed by atoms with Gasteiger partial charge in [0.15, 0.2) is 0 Å². The Labute approximate surface area is 149 Å². The van der Waals surface area contributed by atoms with Gasteiger partial charge in [-0.25, -0.2) is 4.79 Å². The Morgan fingerprint density at radius 2 is 1.50 bits per heavy atom. The number of halogens is 2. The summed E-state index contributed by atoms with van der Waals surface area (Å²) >= 11 is 6.60. The van der Waals surface area contributed by atoms with Gasteiger partial charge in [0.05, 0.1) is 12.2 Å². The Balaban J connectivity index is 0.000000385. The first-order valence-corrected chi connectivity index (χ1v) is 7.79. The van der Waals surface area contributed by atoms with Gasteiger partial charge in [0.1, 0.15) is 0 Å². The van der Waals surface area contributed by atoms with Crippen LogP contribution in [0.5, 0.6) is 0 Å². The van der Waals surface area contributed by atoms with E-state index in [4.69, 9.17) is 10.2 Å². The smallest absolute Gasteiger partial charge is 0.335 e. The van der Waals surface area contributed by atoms with Gasteiger partial charge >= 0.3 is 5.97 Å². The highest BCUT2D eigenvalue weighted by molar-refractivity contribution is 9.10. The Bertz CT molecular complexity index is 645. The highest BCUT2D eigenvalue weighted by atomic mass is 79.9. The molecular formula is C16H16BBr2O3. The van der Waals surface area contributed by atoms with Crippen molar-refractivity contribution in [3.05, 3.63) is 67.6 Å². The maximum absolute atomic E-state index is 10.5. The Hall–Kier alpha value is -1.11. The van der Waals surface area contributed by atoms with Crippen LogP contribution in [-0.4, -0.2) is 24.6 Å². The van der Waals surface area contributed by atoms with E-state index in [-0.39, 0.29) is 15.0 Å². The molecule has 0 fully saturated rings. The first-order chi connectivity index (χ1) is 9.85. The van der Waals surface area contributed by atoms with Crippen molar-refractivity contribution in [2.45, 2.75) is 20.5 Å². The average molecular weight is 427 g/mol. The molecule has 6 heteroatoms. The monoisotopic (exact) mass is 425 g/mol. The third-order valence-corrected chi connectivity index (χ3v) is 3.88. The summed E-state index contributed by atoms with van der Waals surface area (Å²) in [6, 6.07) is 10.9. The van der Waals surface area contributed by atoms with Crippen molar-refractivity contribution < 1.29 is 15.0 Å². The molecule has 0 aliphatic heterocycles. The van der Waals surface area contributed by atoms with Crippen LogP contribution >= 0.6 is 31.9 Å². The van der Waals surface area contributed by atoms with Crippen LogP contribution in [0.2, 0.25) is 0 Å². The van der Waals surface area contributed by atoms with E-state index in [0.29, 0.717) is 5.56 Å². The summed E-state index contributed by atoms with van der Waals surface area (Å²) < 4.78 is 1.96. The van der Waals surface area contributed by atoms with E-state index in [1.54, 1.807) is 25.1 Å². The van der Waals surface area contributed by atoms with Gasteiger partial charge in [0.25, 0.3) is 0 Å². The average Bonchev–Trinajstić information content (AvgIpc) is 2.39. The molecule has 0 atom stereocenters. The van der Waals surface area contributed by atoms with E-state index in [1.807, 2.05) is 25.1 Å². The number of benzene rings is 2. The number of aryl methyl sites for hydroxylation is 2. The van der Waals surface area contributed by atoms with Gasteiger partial charge in [-0.2, -0.15) is 0 Å². The van der Waals surface area contributed by atoms with E-state index < -0.39 is 5.97 Å². The van der Waals surface area contributed by atoms with Gasteiger partial charge < -0.3 is 10.2 Å². The van der Waals surface area contributed by atoms with E-state index in [9.17, 15) is 4.79 Å². The topological polar surface area (TPSA) is 57.5 Å². The van der Waals surface area contributed by atoms with E-state index >= 15 is 0 Å². The molecule has 0 heterocycles. The van der Waals surface area contributed by atoms with Crippen molar-refractivity contribution in [2.24, 2.45) is 0 Å². The number of rotatable bonds is 2. The van der Waals surface area contributed by atoms with Gasteiger partial charge in [-0.15, -0.1) is 0 Å². The number of carbonyl (C=O) groups is 1. The van der Waals surface area contributed by atoms with Gasteiger partial charge in [0, 0.05) is 17.4 Å². The molecule has 2 aromatic carbocycles. The van der Waals surface area contributed by atoms with Crippen molar-refractivity contribution in [3.63, 3.8) is 0 Å². The normalized spacial score (nSPS) is 9.32. The molecule has 0 aromatic heterocycles. The van der Waals surface area contributed by atoms with Crippen LogP contribution in [0.4, 0.5) is 0 Å². The van der Waals surface area contributed by atoms with Crippen LogP contribution in [0.1, 0.15) is 27.0 Å². The Kier molecular flexibility index (Phi) is 9.33. The number of hydrogen-bond donors (Lipinski definition) is 2. The standard InChI is InChI=1S/C8H7BrO2.C8H9BrO.B/c1-5-4-6(9)2-3-7(5)8(10)11;1-6-4-8(9)3-2-7(6)5-10;/h2-4H,1H3,(H,10,11);2-4,10H,5H2,1H3;. The first-order valence-electron chi connectivity index (χ1n) is 6.20. The highest BCUT2D eigenvalue weighted by Crippen LogP contribution is 2.16. The molecule has 0 unspecified atom stereocenters. The van der Waals surface area contributed by atoms with Gasteiger partial charge in [-0.05, 0) is 60.9 Å². The van der Waals surface area contributed by atoms with Crippen molar-refractivity contribution in [1.29, 1.82) is 0 Å². The first kappa shape index (κ1) is 20.9. The molecule has 0 bridgehead atoms. The molecule has 3 radical (unpaired) electrons. The molecule has 0 aliphatic rings. The highest BCUT2D eigenvalue weighted by Gasteiger charge is 2.05. The summed E-state index contributed by atoms with van der Waals surface area (Å²) in [6.45, 7) is 3.88. The summed E-state index contributed by atoms with van der Waals surface area (Å²) in [7, 11) is 0. The number of carboxylic acid groups (broad SMARTS) is 1. The molecule has 2 rings (SSSR count). The fourth-order valence-corrected chi connectivity index (χ4v) is 2.65. The minimum Gasteiger partial charge on any atom is -0.478 e. The second-order valence-corrected chi connectivity index (χ2v) is 6.32. The van der Waals surface area contributed by atoms with Crippen LogP contribution in [0.15, 0.2) is 45.3 Å². The molecule has 115 valence electrons. The lowest BCUT2D eigenvalue weighted by Gasteiger charge is -2.00. The van der Waals surface area contributed by atoms with Crippen molar-refractivity contribution in [3.8, 4) is 0 Å². The zero-order valence-corrected chi connectivity index (χ0v) is 15.5. The van der Waals surface area contributed by atoms with Gasteiger partial charge in [-0.1, -0.05) is 37.9 Å². The fraction of sp³-hybridized carbons (Fsp3) is 0.188. The number of aliphatic hydroxyl groups excluding tert-OH is 1. The lowest BCUT2D eigenvalue weighted by molar-refractivity contribution is 0.0696. The van der Waals surface area contributed by atoms with Crippen molar-refractivity contribution in [1.82, 2.24) is 0 Å². The molecule has 3 nitrogen and oxygen atoms in total. The number of carboxylic acids is 1. The zero-order valence-electron chi connectivity index (χ0n) is 12.3. The zero-order chi connectivity index (χ0) is 16.0. The number of aliphatic hydroxyl groups is 1. The molecular weight excluding hydrogens is 411 g/mol. The van der Waals surface area contributed by atoms with Crippen LogP contribution < -0.4 is 0 Å².